The number of benzene rings is 2. The molecule has 0 aromatic heterocycles. The number of carbonyl (C=O) groups excluding carboxylic acids is 2. The van der Waals surface area contributed by atoms with E-state index in [0.717, 1.165) is 11.1 Å². The molecule has 0 bridgehead atoms. The number of hydrogen-bond acceptors (Lipinski definition) is 2. The summed E-state index contributed by atoms with van der Waals surface area (Å²) < 4.78 is 0. The average Bonchev–Trinajstić information content (AvgIpc) is 2.72. The van der Waals surface area contributed by atoms with Crippen LogP contribution < -0.4 is 5.32 Å². The molecule has 0 saturated heterocycles. The predicted octanol–water partition coefficient (Wildman–Crippen LogP) is 5.16. The summed E-state index contributed by atoms with van der Waals surface area (Å²) in [6, 6.07) is 15.2. The van der Waals surface area contributed by atoms with E-state index in [1.54, 1.807) is 4.90 Å². The first kappa shape index (κ1) is 23.9. The molecule has 2 aromatic carbocycles. The topological polar surface area (TPSA) is 49.4 Å². The van der Waals surface area contributed by atoms with Gasteiger partial charge in [0.2, 0.25) is 11.8 Å². The molecule has 1 atom stereocenters. The van der Waals surface area contributed by atoms with Gasteiger partial charge in [0, 0.05) is 24.5 Å². The fourth-order valence-electron chi connectivity index (χ4n) is 3.28. The zero-order chi connectivity index (χ0) is 22.1. The van der Waals surface area contributed by atoms with Crippen LogP contribution in [0.3, 0.4) is 0 Å². The lowest BCUT2D eigenvalue weighted by Gasteiger charge is -2.31. The lowest BCUT2D eigenvalue weighted by Crippen LogP contribution is -2.49. The minimum Gasteiger partial charge on any atom is -0.354 e. The van der Waals surface area contributed by atoms with Gasteiger partial charge in [0.25, 0.3) is 0 Å². The predicted molar refractivity (Wildman–Crippen MR) is 123 cm³/mol. The van der Waals surface area contributed by atoms with Crippen LogP contribution in [-0.2, 0) is 22.6 Å². The van der Waals surface area contributed by atoms with Gasteiger partial charge in [-0.3, -0.25) is 9.59 Å². The Morgan fingerprint density at radius 3 is 2.17 bits per heavy atom. The largest absolute Gasteiger partial charge is 0.354 e. The van der Waals surface area contributed by atoms with Crippen molar-refractivity contribution in [1.29, 1.82) is 0 Å². The van der Waals surface area contributed by atoms with Gasteiger partial charge < -0.3 is 10.2 Å². The molecule has 4 nitrogen and oxygen atoms in total. The number of halogens is 1. The van der Waals surface area contributed by atoms with Crippen LogP contribution in [0.15, 0.2) is 48.5 Å². The van der Waals surface area contributed by atoms with Gasteiger partial charge in [0.15, 0.2) is 0 Å². The van der Waals surface area contributed by atoms with Crippen LogP contribution in [0.25, 0.3) is 0 Å². The molecule has 0 aliphatic heterocycles. The van der Waals surface area contributed by atoms with E-state index >= 15 is 0 Å². The minimum absolute atomic E-state index is 0.0166. The summed E-state index contributed by atoms with van der Waals surface area (Å²) in [6.07, 6.45) is 1.58. The monoisotopic (exact) mass is 428 g/mol. The minimum atomic E-state index is -0.495. The highest BCUT2D eigenvalue weighted by molar-refractivity contribution is 6.30. The van der Waals surface area contributed by atoms with Gasteiger partial charge in [-0.1, -0.05) is 74.3 Å². The summed E-state index contributed by atoms with van der Waals surface area (Å²) in [7, 11) is 0. The van der Waals surface area contributed by atoms with E-state index in [9.17, 15) is 9.59 Å². The van der Waals surface area contributed by atoms with E-state index in [1.807, 2.05) is 38.1 Å². The number of amides is 2. The Hall–Kier alpha value is -2.33. The van der Waals surface area contributed by atoms with Crippen molar-refractivity contribution in [3.63, 3.8) is 0 Å². The van der Waals surface area contributed by atoms with E-state index in [1.165, 1.54) is 5.56 Å². The molecule has 1 N–H and O–H groups in total. The molecule has 30 heavy (non-hydrogen) atoms. The number of hydrogen-bond donors (Lipinski definition) is 1. The first-order valence-corrected chi connectivity index (χ1v) is 11.0. The van der Waals surface area contributed by atoms with E-state index in [2.05, 4.69) is 43.4 Å². The summed E-state index contributed by atoms with van der Waals surface area (Å²) in [5, 5.41) is 3.64. The van der Waals surface area contributed by atoms with E-state index in [4.69, 9.17) is 11.6 Å². The van der Waals surface area contributed by atoms with Crippen LogP contribution >= 0.6 is 11.6 Å². The highest BCUT2D eigenvalue weighted by atomic mass is 35.5. The lowest BCUT2D eigenvalue weighted by atomic mass is 10.0. The Morgan fingerprint density at radius 1 is 1.00 bits per heavy atom. The molecule has 0 aliphatic rings. The molecule has 0 saturated carbocycles. The molecule has 162 valence electrons. The van der Waals surface area contributed by atoms with Crippen molar-refractivity contribution in [2.45, 2.75) is 59.5 Å². The van der Waals surface area contributed by atoms with E-state index in [-0.39, 0.29) is 11.8 Å². The van der Waals surface area contributed by atoms with Crippen molar-refractivity contribution in [3.8, 4) is 0 Å². The van der Waals surface area contributed by atoms with Gasteiger partial charge in [0.1, 0.15) is 6.04 Å². The van der Waals surface area contributed by atoms with Gasteiger partial charge in [-0.05, 0) is 48.9 Å². The highest BCUT2D eigenvalue weighted by Gasteiger charge is 2.28. The number of rotatable bonds is 10. The fraction of sp³-hybridized carbons (Fsp3) is 0.440. The quantitative estimate of drug-likeness (QED) is 0.568. The molecular weight excluding hydrogens is 396 g/mol. The zero-order valence-corrected chi connectivity index (χ0v) is 19.2. The Morgan fingerprint density at radius 2 is 1.60 bits per heavy atom. The molecule has 0 heterocycles. The van der Waals surface area contributed by atoms with Crippen LogP contribution in [0.4, 0.5) is 0 Å². The first-order chi connectivity index (χ1) is 14.3. The molecule has 0 spiro atoms. The molecule has 5 heteroatoms. The van der Waals surface area contributed by atoms with Crippen molar-refractivity contribution < 1.29 is 9.59 Å². The number of nitrogens with zero attached hydrogens (tertiary/aromatic N) is 1. The van der Waals surface area contributed by atoms with Gasteiger partial charge in [-0.15, -0.1) is 0 Å². The molecule has 2 rings (SSSR count). The molecule has 0 radical (unpaired) electrons. The average molecular weight is 429 g/mol. The standard InChI is InChI=1S/C25H33ClN2O2/c1-5-23(25(30)27-16-18(2)3)28(17-21-10-13-22(26)14-11-21)24(29)15-12-20-8-6-19(4)7-9-20/h6-11,13-14,18,23H,5,12,15-17H2,1-4H3,(H,27,30). The van der Waals surface area contributed by atoms with Crippen LogP contribution in [0.1, 0.15) is 50.3 Å². The zero-order valence-electron chi connectivity index (χ0n) is 18.5. The fourth-order valence-corrected chi connectivity index (χ4v) is 3.40. The van der Waals surface area contributed by atoms with Crippen LogP contribution in [0.5, 0.6) is 0 Å². The summed E-state index contributed by atoms with van der Waals surface area (Å²) >= 11 is 6.01. The van der Waals surface area contributed by atoms with E-state index in [0.29, 0.717) is 43.3 Å². The SMILES string of the molecule is CCC(C(=O)NCC(C)C)N(Cc1ccc(Cl)cc1)C(=O)CCc1ccc(C)cc1. The van der Waals surface area contributed by atoms with E-state index < -0.39 is 6.04 Å². The summed E-state index contributed by atoms with van der Waals surface area (Å²) in [5.74, 6) is 0.245. The number of carbonyl (C=O) groups is 2. The Kier molecular flexibility index (Phi) is 9.38. The third kappa shape index (κ3) is 7.49. The van der Waals surface area contributed by atoms with Crippen molar-refractivity contribution in [3.05, 3.63) is 70.2 Å². The maximum Gasteiger partial charge on any atom is 0.242 e. The second-order valence-electron chi connectivity index (χ2n) is 8.20. The number of aryl methyl sites for hydroxylation is 2. The second-order valence-corrected chi connectivity index (χ2v) is 8.63. The van der Waals surface area contributed by atoms with Crippen molar-refractivity contribution in [2.24, 2.45) is 5.92 Å². The lowest BCUT2D eigenvalue weighted by molar-refractivity contribution is -0.141. The normalized spacial score (nSPS) is 11.9. The van der Waals surface area contributed by atoms with Crippen LogP contribution in [-0.4, -0.2) is 29.3 Å². The van der Waals surface area contributed by atoms with Gasteiger partial charge in [-0.2, -0.15) is 0 Å². The molecule has 2 aromatic rings. The first-order valence-electron chi connectivity index (χ1n) is 10.7. The molecule has 1 unspecified atom stereocenters. The Balaban J connectivity index is 2.17. The van der Waals surface area contributed by atoms with Crippen molar-refractivity contribution in [2.75, 3.05) is 6.54 Å². The summed E-state index contributed by atoms with van der Waals surface area (Å²) in [5.41, 5.74) is 3.28. The smallest absolute Gasteiger partial charge is 0.242 e. The highest BCUT2D eigenvalue weighted by Crippen LogP contribution is 2.17. The molecular formula is C25H33ClN2O2. The van der Waals surface area contributed by atoms with Crippen LogP contribution in [0.2, 0.25) is 5.02 Å². The molecule has 2 amide bonds. The van der Waals surface area contributed by atoms with Crippen molar-refractivity contribution in [1.82, 2.24) is 10.2 Å². The van der Waals surface area contributed by atoms with Gasteiger partial charge in [0.05, 0.1) is 0 Å². The molecule has 0 aliphatic carbocycles. The Labute approximate surface area is 185 Å². The maximum atomic E-state index is 13.2. The van der Waals surface area contributed by atoms with Crippen LogP contribution in [0, 0.1) is 12.8 Å². The molecule has 0 fully saturated rings. The third-order valence-corrected chi connectivity index (χ3v) is 5.34. The Bertz CT molecular complexity index is 816. The second kappa shape index (κ2) is 11.8. The number of nitrogens with one attached hydrogen (secondary N) is 1. The summed E-state index contributed by atoms with van der Waals surface area (Å²) in [4.78, 5) is 27.8. The van der Waals surface area contributed by atoms with Gasteiger partial charge in [-0.25, -0.2) is 0 Å². The van der Waals surface area contributed by atoms with Gasteiger partial charge >= 0.3 is 0 Å². The maximum absolute atomic E-state index is 13.2. The van der Waals surface area contributed by atoms with Crippen molar-refractivity contribution >= 4 is 23.4 Å². The summed E-state index contributed by atoms with van der Waals surface area (Å²) in [6.45, 7) is 9.09. The third-order valence-electron chi connectivity index (χ3n) is 5.08.